The summed E-state index contributed by atoms with van der Waals surface area (Å²) in [5, 5.41) is 11.6. The highest BCUT2D eigenvalue weighted by Crippen LogP contribution is 2.24. The Morgan fingerprint density at radius 3 is 2.22 bits per heavy atom. The minimum atomic E-state index is -3.12. The van der Waals surface area contributed by atoms with Crippen LogP contribution in [0.3, 0.4) is 0 Å². The van der Waals surface area contributed by atoms with Gasteiger partial charge in [-0.2, -0.15) is 0 Å². The normalized spacial score (nSPS) is 24.5. The van der Waals surface area contributed by atoms with Crippen molar-refractivity contribution in [3.63, 3.8) is 0 Å². The Bertz CT molecular complexity index is 409. The van der Waals surface area contributed by atoms with E-state index in [0.29, 0.717) is 25.7 Å². The van der Waals surface area contributed by atoms with Crippen molar-refractivity contribution in [2.75, 3.05) is 12.0 Å². The van der Waals surface area contributed by atoms with Gasteiger partial charge in [0.2, 0.25) is 5.91 Å². The molecule has 0 aromatic heterocycles. The minimum absolute atomic E-state index is 0.0207. The molecule has 18 heavy (non-hydrogen) atoms. The smallest absolute Gasteiger partial charge is 0.306 e. The fourth-order valence-corrected chi connectivity index (χ4v) is 2.62. The van der Waals surface area contributed by atoms with Crippen LogP contribution in [0.2, 0.25) is 0 Å². The van der Waals surface area contributed by atoms with Crippen LogP contribution >= 0.6 is 0 Å². The van der Waals surface area contributed by atoms with Crippen LogP contribution in [0.1, 0.15) is 32.1 Å². The van der Waals surface area contributed by atoms with Crippen molar-refractivity contribution in [3.05, 3.63) is 0 Å². The Labute approximate surface area is 107 Å². The van der Waals surface area contributed by atoms with Crippen LogP contribution < -0.4 is 5.32 Å². The maximum absolute atomic E-state index is 11.5. The SMILES string of the molecule is CS(=O)(=O)CCC(=O)NC1CCC(C(=O)O)CC1. The van der Waals surface area contributed by atoms with Gasteiger partial charge < -0.3 is 10.4 Å². The second-order valence-corrected chi connectivity index (χ2v) is 7.09. The van der Waals surface area contributed by atoms with E-state index in [4.69, 9.17) is 5.11 Å². The molecule has 0 spiro atoms. The number of sulfone groups is 1. The Morgan fingerprint density at radius 2 is 1.78 bits per heavy atom. The topological polar surface area (TPSA) is 101 Å². The highest BCUT2D eigenvalue weighted by Gasteiger charge is 2.26. The van der Waals surface area contributed by atoms with Crippen LogP contribution in [0, 0.1) is 5.92 Å². The molecule has 0 aromatic rings. The molecular weight excluding hydrogens is 258 g/mol. The molecule has 1 aliphatic rings. The Balaban J connectivity index is 2.28. The molecule has 1 aliphatic carbocycles. The number of aliphatic carboxylic acids is 1. The van der Waals surface area contributed by atoms with Crippen LogP contribution in [0.5, 0.6) is 0 Å². The zero-order valence-corrected chi connectivity index (χ0v) is 11.2. The van der Waals surface area contributed by atoms with Crippen LogP contribution in [-0.4, -0.2) is 43.5 Å². The van der Waals surface area contributed by atoms with Crippen molar-refractivity contribution in [2.24, 2.45) is 5.92 Å². The maximum Gasteiger partial charge on any atom is 0.306 e. The molecule has 0 saturated heterocycles. The van der Waals surface area contributed by atoms with E-state index in [9.17, 15) is 18.0 Å². The highest BCUT2D eigenvalue weighted by molar-refractivity contribution is 7.90. The average molecular weight is 277 g/mol. The van der Waals surface area contributed by atoms with Gasteiger partial charge in [-0.1, -0.05) is 0 Å². The summed E-state index contributed by atoms with van der Waals surface area (Å²) in [7, 11) is -3.12. The predicted molar refractivity (Wildman–Crippen MR) is 65.9 cm³/mol. The first-order valence-corrected chi connectivity index (χ1v) is 8.04. The van der Waals surface area contributed by atoms with E-state index in [0.717, 1.165) is 6.26 Å². The van der Waals surface area contributed by atoms with E-state index in [1.807, 2.05) is 0 Å². The zero-order valence-electron chi connectivity index (χ0n) is 10.4. The number of rotatable bonds is 5. The van der Waals surface area contributed by atoms with Crippen molar-refractivity contribution in [2.45, 2.75) is 38.1 Å². The molecule has 0 atom stereocenters. The number of carboxylic acid groups (broad SMARTS) is 1. The summed E-state index contributed by atoms with van der Waals surface area (Å²) >= 11 is 0. The van der Waals surface area contributed by atoms with Gasteiger partial charge in [-0.15, -0.1) is 0 Å². The quantitative estimate of drug-likeness (QED) is 0.746. The number of amides is 1. The third-order valence-electron chi connectivity index (χ3n) is 3.14. The second kappa shape index (κ2) is 6.17. The molecule has 104 valence electrons. The van der Waals surface area contributed by atoms with Gasteiger partial charge >= 0.3 is 5.97 Å². The van der Waals surface area contributed by atoms with Crippen molar-refractivity contribution in [1.82, 2.24) is 5.32 Å². The van der Waals surface area contributed by atoms with Crippen LogP contribution in [-0.2, 0) is 19.4 Å². The molecule has 0 heterocycles. The minimum Gasteiger partial charge on any atom is -0.481 e. The third kappa shape index (κ3) is 5.48. The van der Waals surface area contributed by atoms with Gasteiger partial charge in [0.1, 0.15) is 9.84 Å². The molecule has 1 rings (SSSR count). The number of hydrogen-bond donors (Lipinski definition) is 2. The van der Waals surface area contributed by atoms with Gasteiger partial charge in [0, 0.05) is 18.7 Å². The van der Waals surface area contributed by atoms with Gasteiger partial charge in [0.25, 0.3) is 0 Å². The first-order chi connectivity index (χ1) is 8.28. The molecular formula is C11H19NO5S. The van der Waals surface area contributed by atoms with E-state index in [-0.39, 0.29) is 30.0 Å². The summed E-state index contributed by atoms with van der Waals surface area (Å²) in [5.41, 5.74) is 0. The van der Waals surface area contributed by atoms with Crippen molar-refractivity contribution >= 4 is 21.7 Å². The van der Waals surface area contributed by atoms with Gasteiger partial charge in [0.05, 0.1) is 11.7 Å². The Hall–Kier alpha value is -1.11. The monoisotopic (exact) mass is 277 g/mol. The lowest BCUT2D eigenvalue weighted by Crippen LogP contribution is -2.39. The molecule has 1 saturated carbocycles. The Morgan fingerprint density at radius 1 is 1.22 bits per heavy atom. The maximum atomic E-state index is 11.5. The summed E-state index contributed by atoms with van der Waals surface area (Å²) in [5.74, 6) is -1.52. The molecule has 1 amide bonds. The largest absolute Gasteiger partial charge is 0.481 e. The fraction of sp³-hybridized carbons (Fsp3) is 0.818. The first kappa shape index (κ1) is 14.9. The molecule has 1 fully saturated rings. The van der Waals surface area contributed by atoms with E-state index in [2.05, 4.69) is 5.32 Å². The molecule has 0 aliphatic heterocycles. The summed E-state index contributed by atoms with van der Waals surface area (Å²) in [6.45, 7) is 0. The lowest BCUT2D eigenvalue weighted by atomic mass is 9.86. The second-order valence-electron chi connectivity index (χ2n) is 4.83. The van der Waals surface area contributed by atoms with Gasteiger partial charge in [-0.05, 0) is 25.7 Å². The first-order valence-electron chi connectivity index (χ1n) is 5.98. The summed E-state index contributed by atoms with van der Waals surface area (Å²) in [6, 6.07) is -0.0207. The summed E-state index contributed by atoms with van der Waals surface area (Å²) < 4.78 is 21.8. The molecule has 0 radical (unpaired) electrons. The zero-order chi connectivity index (χ0) is 13.8. The van der Waals surface area contributed by atoms with Crippen LogP contribution in [0.25, 0.3) is 0 Å². The number of carbonyl (C=O) groups excluding carboxylic acids is 1. The van der Waals surface area contributed by atoms with Crippen molar-refractivity contribution in [3.8, 4) is 0 Å². The van der Waals surface area contributed by atoms with Gasteiger partial charge in [0.15, 0.2) is 0 Å². The predicted octanol–water partition coefficient (Wildman–Crippen LogP) is 0.181. The van der Waals surface area contributed by atoms with Gasteiger partial charge in [-0.3, -0.25) is 9.59 Å². The van der Waals surface area contributed by atoms with Crippen LogP contribution in [0.15, 0.2) is 0 Å². The summed E-state index contributed by atoms with van der Waals surface area (Å²) in [4.78, 5) is 22.2. The molecule has 6 nitrogen and oxygen atoms in total. The summed E-state index contributed by atoms with van der Waals surface area (Å²) in [6.07, 6.45) is 3.47. The highest BCUT2D eigenvalue weighted by atomic mass is 32.2. The van der Waals surface area contributed by atoms with E-state index in [1.54, 1.807) is 0 Å². The van der Waals surface area contributed by atoms with Crippen molar-refractivity contribution in [1.29, 1.82) is 0 Å². The molecule has 0 unspecified atom stereocenters. The number of carbonyl (C=O) groups is 2. The third-order valence-corrected chi connectivity index (χ3v) is 4.09. The van der Waals surface area contributed by atoms with Gasteiger partial charge in [-0.25, -0.2) is 8.42 Å². The van der Waals surface area contributed by atoms with E-state index >= 15 is 0 Å². The molecule has 0 bridgehead atoms. The Kier molecular flexibility index (Phi) is 5.13. The lowest BCUT2D eigenvalue weighted by Gasteiger charge is -2.26. The lowest BCUT2D eigenvalue weighted by molar-refractivity contribution is -0.142. The average Bonchev–Trinajstić information content (AvgIpc) is 2.26. The van der Waals surface area contributed by atoms with Crippen molar-refractivity contribution < 1.29 is 23.1 Å². The standard InChI is InChI=1S/C11H19NO5S/c1-18(16,17)7-6-10(13)12-9-4-2-8(3-5-9)11(14)15/h8-9H,2-7H2,1H3,(H,12,13)(H,14,15). The molecule has 0 aromatic carbocycles. The fourth-order valence-electron chi connectivity index (χ4n) is 2.06. The molecule has 7 heteroatoms. The number of carboxylic acids is 1. The number of hydrogen-bond acceptors (Lipinski definition) is 4. The van der Waals surface area contributed by atoms with E-state index in [1.165, 1.54) is 0 Å². The molecule has 2 N–H and O–H groups in total. The van der Waals surface area contributed by atoms with E-state index < -0.39 is 15.8 Å². The van der Waals surface area contributed by atoms with Crippen LogP contribution in [0.4, 0.5) is 0 Å². The number of nitrogens with one attached hydrogen (secondary N) is 1.